The van der Waals surface area contributed by atoms with Crippen molar-refractivity contribution in [1.29, 1.82) is 0 Å². The number of fused-ring (bicyclic) bond motifs is 3. The van der Waals surface area contributed by atoms with Crippen LogP contribution in [0.5, 0.6) is 0 Å². The van der Waals surface area contributed by atoms with Crippen molar-refractivity contribution in [1.82, 2.24) is 15.3 Å². The van der Waals surface area contributed by atoms with Crippen molar-refractivity contribution >= 4 is 46.5 Å². The summed E-state index contributed by atoms with van der Waals surface area (Å²) in [5.74, 6) is -3.78. The number of ether oxygens (including phenoxy) is 2. The molecular weight excluding hydrogens is 476 g/mol. The summed E-state index contributed by atoms with van der Waals surface area (Å²) in [5, 5.41) is 2.95. The normalized spacial score (nSPS) is 18.5. The van der Waals surface area contributed by atoms with Gasteiger partial charge >= 0.3 is 11.9 Å². The number of nitrogens with zero attached hydrogens (tertiary/aromatic N) is 3. The zero-order chi connectivity index (χ0) is 26.1. The molecule has 2 heterocycles. The maximum Gasteiger partial charge on any atom is 0.334 e. The Labute approximate surface area is 212 Å². The highest BCUT2D eigenvalue weighted by Gasteiger charge is 2.52. The van der Waals surface area contributed by atoms with Gasteiger partial charge in [0.15, 0.2) is 0 Å². The first-order valence-corrected chi connectivity index (χ1v) is 12.0. The molecule has 1 aliphatic heterocycles. The Morgan fingerprint density at radius 1 is 0.919 bits per heavy atom. The predicted octanol–water partition coefficient (Wildman–Crippen LogP) is 2.34. The standard InChI is InChI=1S/C27H24N4O6/c1-3-36-26(34)23(27(35)37-4-2)30-22-20-16(24(32)31(25(20)33)15-10-6-5-7-11-15)14-19-21(22)29-18-13-9-8-12-17(18)28-19/h5-14,20,22-23,30H,3-4H2,1-2H3. The topological polar surface area (TPSA) is 128 Å². The van der Waals surface area contributed by atoms with Gasteiger partial charge in [-0.15, -0.1) is 0 Å². The van der Waals surface area contributed by atoms with Crippen LogP contribution in [0, 0.1) is 5.92 Å². The first-order chi connectivity index (χ1) is 17.9. The van der Waals surface area contributed by atoms with Gasteiger partial charge in [0.05, 0.1) is 53.3 Å². The third kappa shape index (κ3) is 4.25. The molecule has 1 fully saturated rings. The molecule has 2 atom stereocenters. The smallest absolute Gasteiger partial charge is 0.334 e. The fourth-order valence-corrected chi connectivity index (χ4v) is 4.64. The molecule has 5 rings (SSSR count). The van der Waals surface area contributed by atoms with E-state index in [-0.39, 0.29) is 18.8 Å². The Balaban J connectivity index is 1.65. The van der Waals surface area contributed by atoms with Crippen LogP contribution >= 0.6 is 0 Å². The molecule has 1 saturated heterocycles. The van der Waals surface area contributed by atoms with Crippen LogP contribution in [0.3, 0.4) is 0 Å². The van der Waals surface area contributed by atoms with E-state index in [9.17, 15) is 19.2 Å². The Bertz CT molecular complexity index is 1420. The van der Waals surface area contributed by atoms with Crippen LogP contribution in [0.1, 0.15) is 31.3 Å². The minimum Gasteiger partial charge on any atom is -0.464 e. The zero-order valence-corrected chi connectivity index (χ0v) is 20.2. The molecule has 1 aliphatic carbocycles. The van der Waals surface area contributed by atoms with Crippen LogP contribution < -0.4 is 10.2 Å². The molecule has 2 aliphatic rings. The van der Waals surface area contributed by atoms with Crippen molar-refractivity contribution < 1.29 is 28.7 Å². The number of hydrogen-bond donors (Lipinski definition) is 1. The molecule has 0 spiro atoms. The van der Waals surface area contributed by atoms with Gasteiger partial charge in [-0.1, -0.05) is 30.3 Å². The molecule has 188 valence electrons. The van der Waals surface area contributed by atoms with Crippen LogP contribution in [0.2, 0.25) is 0 Å². The summed E-state index contributed by atoms with van der Waals surface area (Å²) < 4.78 is 10.2. The number of rotatable bonds is 7. The van der Waals surface area contributed by atoms with Crippen molar-refractivity contribution in [2.45, 2.75) is 25.9 Å². The summed E-state index contributed by atoms with van der Waals surface area (Å²) in [6.45, 7) is 3.31. The molecule has 2 aromatic carbocycles. The highest BCUT2D eigenvalue weighted by atomic mass is 16.6. The molecule has 0 saturated carbocycles. The molecule has 3 aromatic rings. The fourth-order valence-electron chi connectivity index (χ4n) is 4.64. The zero-order valence-electron chi connectivity index (χ0n) is 20.2. The number of nitrogens with one attached hydrogen (secondary N) is 1. The minimum absolute atomic E-state index is 0.0376. The van der Waals surface area contributed by atoms with Gasteiger partial charge in [-0.2, -0.15) is 0 Å². The van der Waals surface area contributed by atoms with E-state index in [1.54, 1.807) is 68.5 Å². The quantitative estimate of drug-likeness (QED) is 0.295. The Kier molecular flexibility index (Phi) is 6.49. The number of carbonyl (C=O) groups is 4. The molecule has 1 aromatic heterocycles. The third-order valence-corrected chi connectivity index (χ3v) is 6.22. The second-order valence-electron chi connectivity index (χ2n) is 8.46. The lowest BCUT2D eigenvalue weighted by molar-refractivity contribution is -0.158. The van der Waals surface area contributed by atoms with E-state index in [1.165, 1.54) is 0 Å². The average molecular weight is 501 g/mol. The molecule has 2 unspecified atom stereocenters. The van der Waals surface area contributed by atoms with Crippen LogP contribution in [-0.2, 0) is 28.7 Å². The van der Waals surface area contributed by atoms with Gasteiger partial charge in [-0.3, -0.25) is 14.9 Å². The second kappa shape index (κ2) is 9.90. The van der Waals surface area contributed by atoms with E-state index in [2.05, 4.69) is 10.3 Å². The van der Waals surface area contributed by atoms with Crippen molar-refractivity contribution in [3.8, 4) is 0 Å². The molecule has 1 N–H and O–H groups in total. The fraction of sp³-hybridized carbons (Fsp3) is 0.259. The number of benzene rings is 2. The monoisotopic (exact) mass is 500 g/mol. The summed E-state index contributed by atoms with van der Waals surface area (Å²) >= 11 is 0. The highest BCUT2D eigenvalue weighted by molar-refractivity contribution is 6.31. The highest BCUT2D eigenvalue weighted by Crippen LogP contribution is 2.43. The lowest BCUT2D eigenvalue weighted by Crippen LogP contribution is -2.50. The second-order valence-corrected chi connectivity index (χ2v) is 8.46. The van der Waals surface area contributed by atoms with E-state index < -0.39 is 41.8 Å². The van der Waals surface area contributed by atoms with Gasteiger partial charge in [0.2, 0.25) is 11.9 Å². The van der Waals surface area contributed by atoms with Gasteiger partial charge in [0.25, 0.3) is 5.91 Å². The van der Waals surface area contributed by atoms with E-state index in [0.717, 1.165) is 4.90 Å². The minimum atomic E-state index is -1.54. The Hall–Kier alpha value is -4.44. The first-order valence-electron chi connectivity index (χ1n) is 12.0. The van der Waals surface area contributed by atoms with Crippen LogP contribution in [-0.4, -0.2) is 53.0 Å². The Morgan fingerprint density at radius 2 is 1.51 bits per heavy atom. The molecule has 2 amide bonds. The summed E-state index contributed by atoms with van der Waals surface area (Å²) in [5.41, 5.74) is 2.46. The molecule has 0 bridgehead atoms. The lowest BCUT2D eigenvalue weighted by atomic mass is 9.84. The van der Waals surface area contributed by atoms with Crippen LogP contribution in [0.4, 0.5) is 5.69 Å². The number of imide groups is 1. The van der Waals surface area contributed by atoms with E-state index in [4.69, 9.17) is 14.5 Å². The summed E-state index contributed by atoms with van der Waals surface area (Å²) in [7, 11) is 0. The number of esters is 2. The first kappa shape index (κ1) is 24.3. The van der Waals surface area contributed by atoms with E-state index in [0.29, 0.717) is 28.1 Å². The molecule has 37 heavy (non-hydrogen) atoms. The number of carbonyl (C=O) groups excluding carboxylic acids is 4. The number of hydrogen-bond acceptors (Lipinski definition) is 9. The van der Waals surface area contributed by atoms with Gasteiger partial charge in [-0.05, 0) is 44.2 Å². The SMILES string of the molecule is CCOC(=O)C(NC1c2nc3ccccc3nc2C=C2C(=O)N(c3ccccc3)C(=O)C21)C(=O)OCC. The summed E-state index contributed by atoms with van der Waals surface area (Å²) in [6, 6.07) is 13.2. The maximum absolute atomic E-state index is 13.8. The number of aromatic nitrogens is 2. The van der Waals surface area contributed by atoms with Gasteiger partial charge < -0.3 is 9.47 Å². The third-order valence-electron chi connectivity index (χ3n) is 6.22. The van der Waals surface area contributed by atoms with Gasteiger partial charge in [0.1, 0.15) is 0 Å². The van der Waals surface area contributed by atoms with Crippen molar-refractivity contribution in [2.75, 3.05) is 18.1 Å². The molecule has 0 radical (unpaired) electrons. The number of amides is 2. The average Bonchev–Trinajstić information content (AvgIpc) is 3.15. The summed E-state index contributed by atoms with van der Waals surface area (Å²) in [4.78, 5) is 63.3. The number of anilines is 1. The van der Waals surface area contributed by atoms with E-state index >= 15 is 0 Å². The predicted molar refractivity (Wildman–Crippen MR) is 133 cm³/mol. The number of para-hydroxylation sites is 3. The van der Waals surface area contributed by atoms with Gasteiger partial charge in [-0.25, -0.2) is 24.5 Å². The van der Waals surface area contributed by atoms with Crippen LogP contribution in [0.15, 0.2) is 60.2 Å². The van der Waals surface area contributed by atoms with Gasteiger partial charge in [0, 0.05) is 5.57 Å². The molecular formula is C27H24N4O6. The molecule has 10 nitrogen and oxygen atoms in total. The molecule has 10 heteroatoms. The maximum atomic E-state index is 13.8. The van der Waals surface area contributed by atoms with Crippen molar-refractivity contribution in [3.05, 3.63) is 71.6 Å². The lowest BCUT2D eigenvalue weighted by Gasteiger charge is -2.30. The van der Waals surface area contributed by atoms with E-state index in [1.807, 2.05) is 6.07 Å². The summed E-state index contributed by atoms with van der Waals surface area (Å²) in [6.07, 6.45) is 1.56. The van der Waals surface area contributed by atoms with Crippen LogP contribution in [0.25, 0.3) is 17.1 Å². The van der Waals surface area contributed by atoms with Crippen molar-refractivity contribution in [3.63, 3.8) is 0 Å². The Morgan fingerprint density at radius 3 is 2.14 bits per heavy atom. The van der Waals surface area contributed by atoms with Crippen molar-refractivity contribution in [2.24, 2.45) is 5.92 Å². The largest absolute Gasteiger partial charge is 0.464 e.